The van der Waals surface area contributed by atoms with Gasteiger partial charge in [0.2, 0.25) is 0 Å². The second-order valence-corrected chi connectivity index (χ2v) is 5.52. The fourth-order valence-electron chi connectivity index (χ4n) is 2.21. The van der Waals surface area contributed by atoms with Gasteiger partial charge in [0.1, 0.15) is 11.3 Å². The SMILES string of the molecule is CCc1ccc(C(O)=Cc2nc3cc(Cl)ccc3oc2=O)cc1. The number of halogens is 1. The number of aliphatic hydroxyl groups is 1. The van der Waals surface area contributed by atoms with Crippen LogP contribution in [0.2, 0.25) is 5.02 Å². The number of aliphatic hydroxyl groups excluding tert-OH is 1. The van der Waals surface area contributed by atoms with Gasteiger partial charge >= 0.3 is 5.63 Å². The predicted octanol–water partition coefficient (Wildman–Crippen LogP) is 4.46. The Labute approximate surface area is 137 Å². The Morgan fingerprint density at radius 3 is 2.70 bits per heavy atom. The first kappa shape index (κ1) is 15.3. The monoisotopic (exact) mass is 327 g/mol. The van der Waals surface area contributed by atoms with E-state index in [1.807, 2.05) is 12.1 Å². The second-order valence-electron chi connectivity index (χ2n) is 5.08. The molecule has 0 aliphatic carbocycles. The lowest BCUT2D eigenvalue weighted by atomic mass is 10.1. The van der Waals surface area contributed by atoms with Crippen LogP contribution in [0, 0.1) is 0 Å². The van der Waals surface area contributed by atoms with Crippen molar-refractivity contribution in [2.45, 2.75) is 13.3 Å². The van der Waals surface area contributed by atoms with Crippen LogP contribution in [0.1, 0.15) is 23.7 Å². The molecule has 0 radical (unpaired) electrons. The topological polar surface area (TPSA) is 63.3 Å². The summed E-state index contributed by atoms with van der Waals surface area (Å²) in [4.78, 5) is 16.2. The van der Waals surface area contributed by atoms with Crippen molar-refractivity contribution in [2.75, 3.05) is 0 Å². The maximum Gasteiger partial charge on any atom is 0.362 e. The molecule has 4 nitrogen and oxygen atoms in total. The van der Waals surface area contributed by atoms with Gasteiger partial charge in [0, 0.05) is 16.7 Å². The molecular formula is C18H14ClNO3. The molecule has 0 saturated heterocycles. The van der Waals surface area contributed by atoms with E-state index in [1.54, 1.807) is 30.3 Å². The van der Waals surface area contributed by atoms with Crippen LogP contribution in [0.15, 0.2) is 51.7 Å². The van der Waals surface area contributed by atoms with E-state index in [0.29, 0.717) is 21.7 Å². The number of rotatable bonds is 3. The van der Waals surface area contributed by atoms with Crippen molar-refractivity contribution >= 4 is 34.5 Å². The Kier molecular flexibility index (Phi) is 4.17. The number of hydrogen-bond acceptors (Lipinski definition) is 4. The summed E-state index contributed by atoms with van der Waals surface area (Å²) in [6.45, 7) is 2.06. The molecule has 0 amide bonds. The molecule has 0 fully saturated rings. The fraction of sp³-hybridized carbons (Fsp3) is 0.111. The number of hydrogen-bond donors (Lipinski definition) is 1. The Morgan fingerprint density at radius 1 is 1.26 bits per heavy atom. The van der Waals surface area contributed by atoms with Crippen LogP contribution >= 0.6 is 11.6 Å². The smallest absolute Gasteiger partial charge is 0.362 e. The molecule has 1 aromatic heterocycles. The Bertz CT molecular complexity index is 943. The highest BCUT2D eigenvalue weighted by molar-refractivity contribution is 6.31. The molecule has 3 aromatic rings. The van der Waals surface area contributed by atoms with Crippen LogP contribution < -0.4 is 5.63 Å². The average molecular weight is 328 g/mol. The van der Waals surface area contributed by atoms with E-state index >= 15 is 0 Å². The molecule has 0 atom stereocenters. The van der Waals surface area contributed by atoms with Gasteiger partial charge in [-0.25, -0.2) is 9.78 Å². The van der Waals surface area contributed by atoms with E-state index in [4.69, 9.17) is 16.0 Å². The lowest BCUT2D eigenvalue weighted by Crippen LogP contribution is -2.06. The highest BCUT2D eigenvalue weighted by Crippen LogP contribution is 2.19. The third-order valence-electron chi connectivity index (χ3n) is 3.51. The number of aromatic nitrogens is 1. The number of benzene rings is 2. The first-order valence-electron chi connectivity index (χ1n) is 7.17. The van der Waals surface area contributed by atoms with Gasteiger partial charge in [-0.3, -0.25) is 0 Å². The van der Waals surface area contributed by atoms with E-state index < -0.39 is 5.63 Å². The van der Waals surface area contributed by atoms with Gasteiger partial charge in [0.05, 0.1) is 0 Å². The minimum atomic E-state index is -0.614. The van der Waals surface area contributed by atoms with E-state index in [-0.39, 0.29) is 11.5 Å². The van der Waals surface area contributed by atoms with Crippen LogP contribution in [0.4, 0.5) is 0 Å². The summed E-state index contributed by atoms with van der Waals surface area (Å²) in [7, 11) is 0. The van der Waals surface area contributed by atoms with E-state index in [9.17, 15) is 9.90 Å². The van der Waals surface area contributed by atoms with Crippen molar-refractivity contribution in [1.29, 1.82) is 0 Å². The van der Waals surface area contributed by atoms with E-state index in [2.05, 4.69) is 11.9 Å². The van der Waals surface area contributed by atoms with Crippen molar-refractivity contribution < 1.29 is 9.52 Å². The van der Waals surface area contributed by atoms with Crippen molar-refractivity contribution in [2.24, 2.45) is 0 Å². The zero-order valence-electron chi connectivity index (χ0n) is 12.4. The summed E-state index contributed by atoms with van der Waals surface area (Å²) in [6, 6.07) is 12.3. The van der Waals surface area contributed by atoms with Crippen LogP contribution in [0.5, 0.6) is 0 Å². The Balaban J connectivity index is 2.04. The molecule has 5 heteroatoms. The normalized spacial score (nSPS) is 11.8. The van der Waals surface area contributed by atoms with Gasteiger partial charge in [-0.1, -0.05) is 42.8 Å². The van der Waals surface area contributed by atoms with Gasteiger partial charge in [0.15, 0.2) is 11.3 Å². The largest absolute Gasteiger partial charge is 0.507 e. The van der Waals surface area contributed by atoms with E-state index in [0.717, 1.165) is 6.42 Å². The zero-order valence-corrected chi connectivity index (χ0v) is 13.2. The summed E-state index contributed by atoms with van der Waals surface area (Å²) in [5.41, 5.74) is 1.99. The maximum absolute atomic E-state index is 12.0. The summed E-state index contributed by atoms with van der Waals surface area (Å²) < 4.78 is 5.19. The van der Waals surface area contributed by atoms with Crippen LogP contribution in [-0.4, -0.2) is 10.1 Å². The molecule has 116 valence electrons. The van der Waals surface area contributed by atoms with Crippen LogP contribution in [0.25, 0.3) is 22.9 Å². The zero-order chi connectivity index (χ0) is 16.4. The van der Waals surface area contributed by atoms with Gasteiger partial charge in [0.25, 0.3) is 0 Å². The minimum Gasteiger partial charge on any atom is -0.507 e. The molecule has 23 heavy (non-hydrogen) atoms. The van der Waals surface area contributed by atoms with Crippen LogP contribution in [0.3, 0.4) is 0 Å². The summed E-state index contributed by atoms with van der Waals surface area (Å²) in [5.74, 6) is -0.0474. The minimum absolute atomic E-state index is 0.0248. The van der Waals surface area contributed by atoms with Gasteiger partial charge in [-0.05, 0) is 30.2 Å². The van der Waals surface area contributed by atoms with Gasteiger partial charge < -0.3 is 9.52 Å². The lowest BCUT2D eigenvalue weighted by Gasteiger charge is -2.03. The quantitative estimate of drug-likeness (QED) is 0.721. The lowest BCUT2D eigenvalue weighted by molar-refractivity contribution is 0.514. The maximum atomic E-state index is 12.0. The molecule has 1 heterocycles. The molecule has 0 unspecified atom stereocenters. The third-order valence-corrected chi connectivity index (χ3v) is 3.74. The molecule has 0 spiro atoms. The molecule has 3 rings (SSSR count). The molecule has 0 bridgehead atoms. The fourth-order valence-corrected chi connectivity index (χ4v) is 2.37. The van der Waals surface area contributed by atoms with Crippen molar-refractivity contribution in [3.05, 3.63) is 74.7 Å². The van der Waals surface area contributed by atoms with E-state index in [1.165, 1.54) is 11.6 Å². The summed E-state index contributed by atoms with van der Waals surface area (Å²) in [6.07, 6.45) is 2.22. The molecule has 0 saturated carbocycles. The number of aryl methyl sites for hydroxylation is 1. The second kappa shape index (κ2) is 6.26. The van der Waals surface area contributed by atoms with Crippen molar-refractivity contribution in [3.8, 4) is 0 Å². The highest BCUT2D eigenvalue weighted by atomic mass is 35.5. The number of nitrogens with zero attached hydrogens (tertiary/aromatic N) is 1. The Hall–Kier alpha value is -2.59. The molecule has 1 N–H and O–H groups in total. The molecule has 0 aliphatic heterocycles. The Morgan fingerprint density at radius 2 is 2.00 bits per heavy atom. The van der Waals surface area contributed by atoms with Gasteiger partial charge in [-0.15, -0.1) is 0 Å². The third kappa shape index (κ3) is 3.27. The average Bonchev–Trinajstić information content (AvgIpc) is 2.56. The number of fused-ring (bicyclic) bond motifs is 1. The first-order chi connectivity index (χ1) is 11.1. The first-order valence-corrected chi connectivity index (χ1v) is 7.55. The van der Waals surface area contributed by atoms with Crippen LogP contribution in [-0.2, 0) is 6.42 Å². The van der Waals surface area contributed by atoms with Crippen molar-refractivity contribution in [1.82, 2.24) is 4.98 Å². The van der Waals surface area contributed by atoms with Gasteiger partial charge in [-0.2, -0.15) is 0 Å². The molecular weight excluding hydrogens is 314 g/mol. The van der Waals surface area contributed by atoms with Crippen molar-refractivity contribution in [3.63, 3.8) is 0 Å². The highest BCUT2D eigenvalue weighted by Gasteiger charge is 2.08. The summed E-state index contributed by atoms with van der Waals surface area (Å²) in [5, 5.41) is 10.7. The predicted molar refractivity (Wildman–Crippen MR) is 91.6 cm³/mol. The standard InChI is InChI=1S/C18H14ClNO3/c1-2-11-3-5-12(6-4-11)16(21)10-15-18(22)23-17-8-7-13(19)9-14(17)20-15/h3-10,21H,2H2,1H3. The summed E-state index contributed by atoms with van der Waals surface area (Å²) >= 11 is 5.92. The molecule has 2 aromatic carbocycles. The molecule has 0 aliphatic rings.